The molecule has 1 unspecified atom stereocenters. The molecule has 0 aromatic carbocycles. The highest BCUT2D eigenvalue weighted by molar-refractivity contribution is 4.97. The normalized spacial score (nSPS) is 15.4. The Morgan fingerprint density at radius 1 is 1.33 bits per heavy atom. The Morgan fingerprint density at radius 2 is 1.92 bits per heavy atom. The van der Waals surface area contributed by atoms with E-state index in [1.165, 1.54) is 6.42 Å². The summed E-state index contributed by atoms with van der Waals surface area (Å²) in [7, 11) is 0. The van der Waals surface area contributed by atoms with Crippen molar-refractivity contribution in [1.29, 1.82) is 0 Å². The van der Waals surface area contributed by atoms with Crippen LogP contribution in [0.5, 0.6) is 0 Å². The van der Waals surface area contributed by atoms with E-state index in [9.17, 15) is 0 Å². The molecule has 0 aromatic heterocycles. The predicted molar refractivity (Wildman–Crippen MR) is 56.4 cm³/mol. The molecule has 0 aliphatic heterocycles. The lowest BCUT2D eigenvalue weighted by atomic mass is 9.95. The molecule has 0 aliphatic rings. The van der Waals surface area contributed by atoms with E-state index < -0.39 is 0 Å². The van der Waals surface area contributed by atoms with Gasteiger partial charge in [0.25, 0.3) is 0 Å². The Bertz CT molecular complexity index is 130. The minimum absolute atomic E-state index is 0.308. The van der Waals surface area contributed by atoms with Crippen LogP contribution < -0.4 is 5.32 Å². The number of allylic oxidation sites excluding steroid dienone is 1. The van der Waals surface area contributed by atoms with E-state index in [2.05, 4.69) is 52.1 Å². The quantitative estimate of drug-likeness (QED) is 0.638. The molecule has 0 fully saturated rings. The zero-order valence-corrected chi connectivity index (χ0v) is 9.15. The SMILES string of the molecule is CCCNC(C)/C=C/C(C)(C)C. The van der Waals surface area contributed by atoms with E-state index in [0.29, 0.717) is 11.5 Å². The summed E-state index contributed by atoms with van der Waals surface area (Å²) in [4.78, 5) is 0. The van der Waals surface area contributed by atoms with Crippen LogP contribution in [0.15, 0.2) is 12.2 Å². The summed E-state index contributed by atoms with van der Waals surface area (Å²) in [5.41, 5.74) is 0.308. The lowest BCUT2D eigenvalue weighted by Crippen LogP contribution is -2.24. The van der Waals surface area contributed by atoms with Crippen LogP contribution in [-0.2, 0) is 0 Å². The first-order chi connectivity index (χ1) is 5.45. The van der Waals surface area contributed by atoms with E-state index in [1.807, 2.05) is 0 Å². The van der Waals surface area contributed by atoms with Crippen LogP contribution in [0.25, 0.3) is 0 Å². The Labute approximate surface area is 77.2 Å². The summed E-state index contributed by atoms with van der Waals surface area (Å²) >= 11 is 0. The molecule has 0 spiro atoms. The summed E-state index contributed by atoms with van der Waals surface area (Å²) in [5.74, 6) is 0. The molecule has 1 nitrogen and oxygen atoms in total. The van der Waals surface area contributed by atoms with Gasteiger partial charge < -0.3 is 5.32 Å². The van der Waals surface area contributed by atoms with Crippen molar-refractivity contribution < 1.29 is 0 Å². The second kappa shape index (κ2) is 5.36. The number of hydrogen-bond acceptors (Lipinski definition) is 1. The maximum atomic E-state index is 3.42. The van der Waals surface area contributed by atoms with E-state index in [4.69, 9.17) is 0 Å². The van der Waals surface area contributed by atoms with Gasteiger partial charge in [-0.25, -0.2) is 0 Å². The molecule has 1 heteroatoms. The lowest BCUT2D eigenvalue weighted by molar-refractivity contribution is 0.534. The highest BCUT2D eigenvalue weighted by Gasteiger charge is 2.04. The second-order valence-electron chi connectivity index (χ2n) is 4.47. The maximum Gasteiger partial charge on any atom is 0.0221 e. The smallest absolute Gasteiger partial charge is 0.0221 e. The molecule has 0 rings (SSSR count). The predicted octanol–water partition coefficient (Wildman–Crippen LogP) is 2.98. The average Bonchev–Trinajstić information content (AvgIpc) is 1.95. The van der Waals surface area contributed by atoms with Crippen LogP contribution >= 0.6 is 0 Å². The van der Waals surface area contributed by atoms with Crippen molar-refractivity contribution in [3.05, 3.63) is 12.2 Å². The van der Waals surface area contributed by atoms with Crippen molar-refractivity contribution >= 4 is 0 Å². The minimum Gasteiger partial charge on any atom is -0.311 e. The third-order valence-electron chi connectivity index (χ3n) is 1.60. The molecule has 12 heavy (non-hydrogen) atoms. The Hall–Kier alpha value is -0.300. The van der Waals surface area contributed by atoms with Gasteiger partial charge >= 0.3 is 0 Å². The molecule has 0 aromatic rings. The molecular weight excluding hydrogens is 146 g/mol. The van der Waals surface area contributed by atoms with Crippen LogP contribution in [0.2, 0.25) is 0 Å². The van der Waals surface area contributed by atoms with Crippen molar-refractivity contribution in [2.24, 2.45) is 5.41 Å². The summed E-state index contributed by atoms with van der Waals surface area (Å²) in [6.45, 7) is 12.1. The summed E-state index contributed by atoms with van der Waals surface area (Å²) in [6, 6.07) is 0.504. The zero-order chi connectivity index (χ0) is 9.61. The Kier molecular flexibility index (Phi) is 5.23. The zero-order valence-electron chi connectivity index (χ0n) is 9.15. The van der Waals surface area contributed by atoms with E-state index >= 15 is 0 Å². The van der Waals surface area contributed by atoms with Crippen LogP contribution in [0.3, 0.4) is 0 Å². The maximum absolute atomic E-state index is 3.42. The Morgan fingerprint density at radius 3 is 2.33 bits per heavy atom. The molecule has 72 valence electrons. The van der Waals surface area contributed by atoms with E-state index in [0.717, 1.165) is 6.54 Å². The first kappa shape index (κ1) is 11.7. The minimum atomic E-state index is 0.308. The molecule has 0 radical (unpaired) electrons. The van der Waals surface area contributed by atoms with Crippen molar-refractivity contribution in [2.45, 2.75) is 47.1 Å². The van der Waals surface area contributed by atoms with Crippen molar-refractivity contribution in [1.82, 2.24) is 5.32 Å². The van der Waals surface area contributed by atoms with Gasteiger partial charge in [0.1, 0.15) is 0 Å². The highest BCUT2D eigenvalue weighted by Crippen LogP contribution is 2.14. The monoisotopic (exact) mass is 169 g/mol. The number of rotatable bonds is 4. The molecule has 1 N–H and O–H groups in total. The number of nitrogens with one attached hydrogen (secondary N) is 1. The van der Waals surface area contributed by atoms with Gasteiger partial charge in [-0.2, -0.15) is 0 Å². The van der Waals surface area contributed by atoms with Crippen molar-refractivity contribution in [2.75, 3.05) is 6.54 Å². The Balaban J connectivity index is 3.68. The second-order valence-corrected chi connectivity index (χ2v) is 4.47. The van der Waals surface area contributed by atoms with Crippen LogP contribution in [0.1, 0.15) is 41.0 Å². The van der Waals surface area contributed by atoms with Gasteiger partial charge in [-0.1, -0.05) is 39.8 Å². The molecule has 0 saturated carbocycles. The van der Waals surface area contributed by atoms with E-state index in [1.54, 1.807) is 0 Å². The third kappa shape index (κ3) is 7.80. The molecule has 0 amide bonds. The topological polar surface area (TPSA) is 12.0 Å². The van der Waals surface area contributed by atoms with Gasteiger partial charge in [0.2, 0.25) is 0 Å². The van der Waals surface area contributed by atoms with Crippen LogP contribution in [0.4, 0.5) is 0 Å². The summed E-state index contributed by atoms with van der Waals surface area (Å²) in [5, 5.41) is 3.42. The van der Waals surface area contributed by atoms with E-state index in [-0.39, 0.29) is 0 Å². The first-order valence-corrected chi connectivity index (χ1v) is 4.88. The molecular formula is C11H23N. The van der Waals surface area contributed by atoms with Crippen molar-refractivity contribution in [3.8, 4) is 0 Å². The van der Waals surface area contributed by atoms with Gasteiger partial charge in [-0.05, 0) is 25.3 Å². The standard InChI is InChI=1S/C11H23N/c1-6-9-12-10(2)7-8-11(3,4)5/h7-8,10,12H,6,9H2,1-5H3/b8-7+. The fourth-order valence-electron chi connectivity index (χ4n) is 0.873. The fourth-order valence-corrected chi connectivity index (χ4v) is 0.873. The van der Waals surface area contributed by atoms with Gasteiger partial charge in [0.15, 0.2) is 0 Å². The summed E-state index contributed by atoms with van der Waals surface area (Å²) in [6.07, 6.45) is 5.71. The molecule has 1 atom stereocenters. The van der Waals surface area contributed by atoms with Gasteiger partial charge in [0.05, 0.1) is 0 Å². The molecule has 0 bridgehead atoms. The first-order valence-electron chi connectivity index (χ1n) is 4.88. The third-order valence-corrected chi connectivity index (χ3v) is 1.60. The summed E-state index contributed by atoms with van der Waals surface area (Å²) < 4.78 is 0. The largest absolute Gasteiger partial charge is 0.311 e. The molecule has 0 saturated heterocycles. The van der Waals surface area contributed by atoms with Gasteiger partial charge in [-0.3, -0.25) is 0 Å². The van der Waals surface area contributed by atoms with Crippen LogP contribution in [0, 0.1) is 5.41 Å². The van der Waals surface area contributed by atoms with Crippen molar-refractivity contribution in [3.63, 3.8) is 0 Å². The molecule has 0 aliphatic carbocycles. The fraction of sp³-hybridized carbons (Fsp3) is 0.818. The average molecular weight is 169 g/mol. The van der Waals surface area contributed by atoms with Gasteiger partial charge in [0, 0.05) is 6.04 Å². The lowest BCUT2D eigenvalue weighted by Gasteiger charge is -2.14. The number of hydrogen-bond donors (Lipinski definition) is 1. The highest BCUT2D eigenvalue weighted by atomic mass is 14.9. The van der Waals surface area contributed by atoms with Gasteiger partial charge in [-0.15, -0.1) is 0 Å². The molecule has 0 heterocycles. The van der Waals surface area contributed by atoms with Crippen LogP contribution in [-0.4, -0.2) is 12.6 Å².